The Morgan fingerprint density at radius 2 is 1.90 bits per heavy atom. The van der Waals surface area contributed by atoms with Crippen molar-refractivity contribution in [3.8, 4) is 0 Å². The van der Waals surface area contributed by atoms with E-state index in [2.05, 4.69) is 51.6 Å². The molecule has 1 aromatic carbocycles. The highest BCUT2D eigenvalue weighted by Gasteiger charge is 2.14. The lowest BCUT2D eigenvalue weighted by molar-refractivity contribution is 0.663. The zero-order valence-corrected chi connectivity index (χ0v) is 12.4. The van der Waals surface area contributed by atoms with Gasteiger partial charge < -0.3 is 5.32 Å². The van der Waals surface area contributed by atoms with E-state index in [0.717, 1.165) is 11.5 Å². The van der Waals surface area contributed by atoms with Crippen LogP contribution in [0.5, 0.6) is 0 Å². The van der Waals surface area contributed by atoms with Gasteiger partial charge in [0.25, 0.3) is 0 Å². The fourth-order valence-electron chi connectivity index (χ4n) is 2.20. The van der Waals surface area contributed by atoms with Crippen molar-refractivity contribution < 1.29 is 0 Å². The Hall–Kier alpha value is -2.50. The number of rotatable bonds is 4. The van der Waals surface area contributed by atoms with Gasteiger partial charge in [-0.15, -0.1) is 5.10 Å². The summed E-state index contributed by atoms with van der Waals surface area (Å²) in [5, 5.41) is 11.8. The monoisotopic (exact) mass is 282 g/mol. The molecule has 0 atom stereocenters. The van der Waals surface area contributed by atoms with Crippen LogP contribution in [0, 0.1) is 6.92 Å². The maximum atomic E-state index is 4.49. The molecule has 0 saturated carbocycles. The number of fused-ring (bicyclic) bond motifs is 1. The van der Waals surface area contributed by atoms with Crippen molar-refractivity contribution in [1.82, 2.24) is 25.0 Å². The van der Waals surface area contributed by atoms with E-state index < -0.39 is 0 Å². The number of benzene rings is 1. The molecule has 0 fully saturated rings. The molecular weight excluding hydrogens is 264 g/mol. The number of aryl methyl sites for hydroxylation is 1. The number of aromatic nitrogens is 5. The van der Waals surface area contributed by atoms with Crippen molar-refractivity contribution in [2.45, 2.75) is 33.4 Å². The molecule has 108 valence electrons. The zero-order chi connectivity index (χ0) is 14.8. The standard InChI is InChI=1S/C15H18N6/c1-10(2)16-14-13-15(18-11(3)17-14)21(20-19-13)9-12-7-5-4-6-8-12/h4-8,10H,9H2,1-3H3,(H,16,17,18). The number of nitrogens with one attached hydrogen (secondary N) is 1. The largest absolute Gasteiger partial charge is 0.366 e. The average molecular weight is 282 g/mol. The first-order valence-corrected chi connectivity index (χ1v) is 7.02. The molecule has 0 unspecified atom stereocenters. The van der Waals surface area contributed by atoms with Gasteiger partial charge in [0, 0.05) is 6.04 Å². The van der Waals surface area contributed by atoms with Crippen molar-refractivity contribution in [1.29, 1.82) is 0 Å². The molecule has 0 spiro atoms. The summed E-state index contributed by atoms with van der Waals surface area (Å²) >= 11 is 0. The quantitative estimate of drug-likeness (QED) is 0.795. The topological polar surface area (TPSA) is 68.5 Å². The van der Waals surface area contributed by atoms with Crippen LogP contribution >= 0.6 is 0 Å². The van der Waals surface area contributed by atoms with Crippen LogP contribution in [0.4, 0.5) is 5.82 Å². The van der Waals surface area contributed by atoms with Gasteiger partial charge in [0.2, 0.25) is 0 Å². The first kappa shape index (κ1) is 13.5. The predicted molar refractivity (Wildman–Crippen MR) is 82.2 cm³/mol. The lowest BCUT2D eigenvalue weighted by atomic mass is 10.2. The second-order valence-electron chi connectivity index (χ2n) is 5.32. The van der Waals surface area contributed by atoms with E-state index in [-0.39, 0.29) is 6.04 Å². The highest BCUT2D eigenvalue weighted by molar-refractivity contribution is 5.82. The van der Waals surface area contributed by atoms with Crippen LogP contribution in [0.25, 0.3) is 11.2 Å². The van der Waals surface area contributed by atoms with E-state index in [0.29, 0.717) is 17.9 Å². The molecule has 0 aliphatic carbocycles. The number of nitrogens with zero attached hydrogens (tertiary/aromatic N) is 5. The zero-order valence-electron chi connectivity index (χ0n) is 12.4. The molecule has 2 aromatic heterocycles. The van der Waals surface area contributed by atoms with Crippen LogP contribution in [0.3, 0.4) is 0 Å². The van der Waals surface area contributed by atoms with Crippen molar-refractivity contribution in [2.24, 2.45) is 0 Å². The first-order chi connectivity index (χ1) is 10.1. The van der Waals surface area contributed by atoms with Crippen molar-refractivity contribution >= 4 is 17.0 Å². The maximum absolute atomic E-state index is 4.49. The van der Waals surface area contributed by atoms with E-state index in [4.69, 9.17) is 0 Å². The van der Waals surface area contributed by atoms with Crippen LogP contribution in [-0.2, 0) is 6.54 Å². The summed E-state index contributed by atoms with van der Waals surface area (Å²) in [6, 6.07) is 10.4. The Bertz CT molecular complexity index is 747. The van der Waals surface area contributed by atoms with Gasteiger partial charge in [0.15, 0.2) is 17.0 Å². The Balaban J connectivity index is 2.03. The number of hydrogen-bond acceptors (Lipinski definition) is 5. The first-order valence-electron chi connectivity index (χ1n) is 7.02. The number of hydrogen-bond donors (Lipinski definition) is 1. The third kappa shape index (κ3) is 2.84. The fraction of sp³-hybridized carbons (Fsp3) is 0.333. The lowest BCUT2D eigenvalue weighted by Gasteiger charge is -2.09. The minimum absolute atomic E-state index is 0.279. The summed E-state index contributed by atoms with van der Waals surface area (Å²) in [6.07, 6.45) is 0. The van der Waals surface area contributed by atoms with Crippen LogP contribution < -0.4 is 5.32 Å². The fourth-order valence-corrected chi connectivity index (χ4v) is 2.20. The molecule has 0 aliphatic heterocycles. The highest BCUT2D eigenvalue weighted by atomic mass is 15.4. The number of anilines is 1. The Labute approximate surface area is 123 Å². The lowest BCUT2D eigenvalue weighted by Crippen LogP contribution is -2.12. The Kier molecular flexibility index (Phi) is 3.51. The summed E-state index contributed by atoms with van der Waals surface area (Å²) in [5.41, 5.74) is 2.64. The highest BCUT2D eigenvalue weighted by Crippen LogP contribution is 2.19. The van der Waals surface area contributed by atoms with Crippen LogP contribution in [0.2, 0.25) is 0 Å². The second-order valence-corrected chi connectivity index (χ2v) is 5.32. The van der Waals surface area contributed by atoms with Gasteiger partial charge in [0.05, 0.1) is 6.54 Å². The van der Waals surface area contributed by atoms with Gasteiger partial charge in [-0.3, -0.25) is 0 Å². The van der Waals surface area contributed by atoms with Gasteiger partial charge in [0.1, 0.15) is 5.82 Å². The Morgan fingerprint density at radius 3 is 2.62 bits per heavy atom. The summed E-state index contributed by atoms with van der Waals surface area (Å²) < 4.78 is 1.81. The summed E-state index contributed by atoms with van der Waals surface area (Å²) in [7, 11) is 0. The van der Waals surface area contributed by atoms with E-state index in [1.807, 2.05) is 29.8 Å². The molecule has 1 N–H and O–H groups in total. The minimum atomic E-state index is 0.279. The Morgan fingerprint density at radius 1 is 1.14 bits per heavy atom. The third-order valence-electron chi connectivity index (χ3n) is 3.08. The summed E-state index contributed by atoms with van der Waals surface area (Å²) in [6.45, 7) is 6.66. The SMILES string of the molecule is Cc1nc(NC(C)C)c2nnn(Cc3ccccc3)c2n1. The van der Waals surface area contributed by atoms with Gasteiger partial charge in [-0.05, 0) is 26.3 Å². The van der Waals surface area contributed by atoms with Crippen LogP contribution in [0.15, 0.2) is 30.3 Å². The van der Waals surface area contributed by atoms with Gasteiger partial charge in [-0.1, -0.05) is 35.5 Å². The van der Waals surface area contributed by atoms with E-state index in [1.165, 1.54) is 5.56 Å². The van der Waals surface area contributed by atoms with E-state index >= 15 is 0 Å². The molecule has 2 heterocycles. The molecule has 0 saturated heterocycles. The van der Waals surface area contributed by atoms with Gasteiger partial charge >= 0.3 is 0 Å². The molecule has 0 aliphatic rings. The molecular formula is C15H18N6. The molecule has 3 rings (SSSR count). The molecule has 0 radical (unpaired) electrons. The predicted octanol–water partition coefficient (Wildman–Crippen LogP) is 2.40. The summed E-state index contributed by atoms with van der Waals surface area (Å²) in [5.74, 6) is 1.45. The molecule has 6 nitrogen and oxygen atoms in total. The van der Waals surface area contributed by atoms with Gasteiger partial charge in [-0.2, -0.15) is 0 Å². The molecule has 21 heavy (non-hydrogen) atoms. The maximum Gasteiger partial charge on any atom is 0.184 e. The smallest absolute Gasteiger partial charge is 0.184 e. The summed E-state index contributed by atoms with van der Waals surface area (Å²) in [4.78, 5) is 8.91. The van der Waals surface area contributed by atoms with Gasteiger partial charge in [-0.25, -0.2) is 14.6 Å². The minimum Gasteiger partial charge on any atom is -0.366 e. The normalized spacial score (nSPS) is 11.2. The van der Waals surface area contributed by atoms with E-state index in [9.17, 15) is 0 Å². The molecule has 6 heteroatoms. The van der Waals surface area contributed by atoms with Crippen molar-refractivity contribution in [2.75, 3.05) is 5.32 Å². The van der Waals surface area contributed by atoms with E-state index in [1.54, 1.807) is 0 Å². The van der Waals surface area contributed by atoms with Crippen LogP contribution in [0.1, 0.15) is 25.2 Å². The molecule has 3 aromatic rings. The van der Waals surface area contributed by atoms with Crippen molar-refractivity contribution in [3.05, 3.63) is 41.7 Å². The van der Waals surface area contributed by atoms with Crippen molar-refractivity contribution in [3.63, 3.8) is 0 Å². The average Bonchev–Trinajstić information content (AvgIpc) is 2.82. The second kappa shape index (κ2) is 5.47. The molecule has 0 amide bonds. The van der Waals surface area contributed by atoms with Crippen LogP contribution in [-0.4, -0.2) is 31.0 Å². The third-order valence-corrected chi connectivity index (χ3v) is 3.08. The molecule has 0 bridgehead atoms.